The molecule has 2 aromatic rings. The number of benzene rings is 2. The molecule has 2 aliphatic rings. The second kappa shape index (κ2) is 12.1. The van der Waals surface area contributed by atoms with Crippen LogP contribution in [-0.4, -0.2) is 66.9 Å². The minimum absolute atomic E-state index is 0. The standard InChI is InChI=1S/C26H29F3N2O5.ClH/c1-2-35-22(25(33)34)12-16-6-8-19(9-7-16)36-11-10-30-23-20-14-31(15-21(20)23)24(32)17-4-3-5-18(13-17)26(27,28)29;/h3-9,13,20-23,30H,2,10-12,14-15H2,1H3,(H,33,34);1H/t20-,21?,22-,23+;/m0./s1. The molecule has 4 atom stereocenters. The number of alkyl halides is 3. The van der Waals surface area contributed by atoms with Gasteiger partial charge in [-0.2, -0.15) is 13.2 Å². The Labute approximate surface area is 219 Å². The Kier molecular flexibility index (Phi) is 9.44. The number of amides is 1. The third kappa shape index (κ3) is 7.15. The third-order valence-electron chi connectivity index (χ3n) is 6.66. The molecule has 0 radical (unpaired) electrons. The van der Waals surface area contributed by atoms with Crippen LogP contribution >= 0.6 is 12.4 Å². The number of likely N-dealkylation sites (tertiary alicyclic amines) is 1. The van der Waals surface area contributed by atoms with Gasteiger partial charge < -0.3 is 24.8 Å². The van der Waals surface area contributed by atoms with Crippen LogP contribution in [0.3, 0.4) is 0 Å². The molecule has 1 unspecified atom stereocenters. The summed E-state index contributed by atoms with van der Waals surface area (Å²) in [4.78, 5) is 25.5. The highest BCUT2D eigenvalue weighted by Crippen LogP contribution is 2.45. The molecule has 2 aromatic carbocycles. The molecular weight excluding hydrogens is 513 g/mol. The van der Waals surface area contributed by atoms with Gasteiger partial charge in [-0.15, -0.1) is 12.4 Å². The van der Waals surface area contributed by atoms with Gasteiger partial charge in [0.2, 0.25) is 0 Å². The van der Waals surface area contributed by atoms with Gasteiger partial charge in [-0.3, -0.25) is 4.79 Å². The Morgan fingerprint density at radius 1 is 1.14 bits per heavy atom. The summed E-state index contributed by atoms with van der Waals surface area (Å²) < 4.78 is 49.8. The van der Waals surface area contributed by atoms with E-state index in [1.165, 1.54) is 12.1 Å². The van der Waals surface area contributed by atoms with Gasteiger partial charge in [0.15, 0.2) is 6.10 Å². The molecule has 37 heavy (non-hydrogen) atoms. The summed E-state index contributed by atoms with van der Waals surface area (Å²) in [7, 11) is 0. The summed E-state index contributed by atoms with van der Waals surface area (Å²) in [6.45, 7) is 4.20. The van der Waals surface area contributed by atoms with Crippen molar-refractivity contribution in [3.05, 3.63) is 65.2 Å². The van der Waals surface area contributed by atoms with Crippen molar-refractivity contribution < 1.29 is 37.3 Å². The smallest absolute Gasteiger partial charge is 0.416 e. The number of nitrogens with zero attached hydrogens (tertiary/aromatic N) is 1. The SMILES string of the molecule is CCO[C@@H](Cc1ccc(OCCN[C@H]2C3CN(C(=O)c4cccc(C(F)(F)F)c4)C[C@@H]32)cc1)C(=O)O.Cl. The predicted octanol–water partition coefficient (Wildman–Crippen LogP) is 3.90. The first-order valence-electron chi connectivity index (χ1n) is 11.9. The van der Waals surface area contributed by atoms with Crippen LogP contribution in [0.1, 0.15) is 28.4 Å². The van der Waals surface area contributed by atoms with Crippen LogP contribution in [0, 0.1) is 11.8 Å². The number of hydrogen-bond acceptors (Lipinski definition) is 5. The fraction of sp³-hybridized carbons (Fsp3) is 0.462. The number of hydrogen-bond donors (Lipinski definition) is 2. The number of rotatable bonds is 11. The van der Waals surface area contributed by atoms with Crippen LogP contribution in [0.25, 0.3) is 0 Å². The summed E-state index contributed by atoms with van der Waals surface area (Å²) in [6, 6.07) is 12.1. The van der Waals surface area contributed by atoms with Gasteiger partial charge in [0.25, 0.3) is 5.91 Å². The zero-order valence-electron chi connectivity index (χ0n) is 20.2. The summed E-state index contributed by atoms with van der Waals surface area (Å²) in [5.41, 5.74) is 0.0876. The Morgan fingerprint density at radius 2 is 1.81 bits per heavy atom. The molecule has 7 nitrogen and oxygen atoms in total. The van der Waals surface area contributed by atoms with Crippen LogP contribution in [0.15, 0.2) is 48.5 Å². The maximum atomic E-state index is 12.9. The highest BCUT2D eigenvalue weighted by Gasteiger charge is 2.56. The monoisotopic (exact) mass is 542 g/mol. The van der Waals surface area contributed by atoms with E-state index in [9.17, 15) is 27.9 Å². The lowest BCUT2D eigenvalue weighted by Gasteiger charge is -2.21. The maximum absolute atomic E-state index is 12.9. The maximum Gasteiger partial charge on any atom is 0.416 e. The Balaban J connectivity index is 0.00000380. The number of fused-ring (bicyclic) bond motifs is 1. The fourth-order valence-electron chi connectivity index (χ4n) is 4.76. The molecule has 202 valence electrons. The van der Waals surface area contributed by atoms with E-state index in [1.54, 1.807) is 24.0 Å². The number of nitrogens with one attached hydrogen (secondary N) is 1. The average molecular weight is 543 g/mol. The van der Waals surface area contributed by atoms with Gasteiger partial charge >= 0.3 is 12.1 Å². The molecule has 1 amide bonds. The van der Waals surface area contributed by atoms with Crippen LogP contribution in [0.5, 0.6) is 5.75 Å². The number of piperidine rings is 1. The van der Waals surface area contributed by atoms with Gasteiger partial charge in [-0.1, -0.05) is 18.2 Å². The third-order valence-corrected chi connectivity index (χ3v) is 6.66. The van der Waals surface area contributed by atoms with E-state index in [-0.39, 0.29) is 36.3 Å². The largest absolute Gasteiger partial charge is 0.492 e. The van der Waals surface area contributed by atoms with Crippen molar-refractivity contribution in [2.45, 2.75) is 31.7 Å². The van der Waals surface area contributed by atoms with E-state index < -0.39 is 23.8 Å². The number of carbonyl (C=O) groups is 2. The van der Waals surface area contributed by atoms with Crippen molar-refractivity contribution >= 4 is 24.3 Å². The lowest BCUT2D eigenvalue weighted by molar-refractivity contribution is -0.150. The summed E-state index contributed by atoms with van der Waals surface area (Å²) in [5, 5.41) is 12.6. The highest BCUT2D eigenvalue weighted by atomic mass is 35.5. The Morgan fingerprint density at radius 3 is 2.41 bits per heavy atom. The topological polar surface area (TPSA) is 88.1 Å². The number of ether oxygens (including phenoxy) is 2. The van der Waals surface area contributed by atoms with Crippen LogP contribution in [0.4, 0.5) is 13.2 Å². The first-order valence-corrected chi connectivity index (χ1v) is 11.9. The number of aliphatic carboxylic acids is 1. The number of carbonyl (C=O) groups excluding carboxylic acids is 1. The molecule has 0 bridgehead atoms. The molecule has 1 aliphatic heterocycles. The molecule has 11 heteroatoms. The number of halogens is 4. The van der Waals surface area contributed by atoms with Gasteiger partial charge in [-0.05, 0) is 54.7 Å². The molecule has 1 aliphatic carbocycles. The van der Waals surface area contributed by atoms with Crippen LogP contribution in [-0.2, 0) is 22.1 Å². The van der Waals surface area contributed by atoms with Gasteiger partial charge in [0, 0.05) is 44.3 Å². The minimum atomic E-state index is -4.48. The van der Waals surface area contributed by atoms with Crippen LogP contribution < -0.4 is 10.1 Å². The summed E-state index contributed by atoms with van der Waals surface area (Å²) in [6.07, 6.45) is -5.07. The molecule has 1 heterocycles. The minimum Gasteiger partial charge on any atom is -0.492 e. The van der Waals surface area contributed by atoms with Gasteiger partial charge in [-0.25, -0.2) is 4.79 Å². The quantitative estimate of drug-likeness (QED) is 0.419. The summed E-state index contributed by atoms with van der Waals surface area (Å²) in [5.74, 6) is -0.0817. The summed E-state index contributed by atoms with van der Waals surface area (Å²) >= 11 is 0. The van der Waals surface area contributed by atoms with E-state index in [1.807, 2.05) is 12.1 Å². The fourth-order valence-corrected chi connectivity index (χ4v) is 4.76. The molecule has 2 fully saturated rings. The number of carboxylic acid groups (broad SMARTS) is 1. The van der Waals surface area contributed by atoms with E-state index in [2.05, 4.69) is 5.32 Å². The normalized spacial score (nSPS) is 21.1. The molecule has 4 rings (SSSR count). The molecule has 1 saturated carbocycles. The second-order valence-electron chi connectivity index (χ2n) is 9.08. The van der Waals surface area contributed by atoms with E-state index in [4.69, 9.17) is 9.47 Å². The van der Waals surface area contributed by atoms with E-state index >= 15 is 0 Å². The predicted molar refractivity (Wildman–Crippen MR) is 132 cm³/mol. The van der Waals surface area contributed by atoms with Crippen molar-refractivity contribution in [3.63, 3.8) is 0 Å². The molecule has 0 spiro atoms. The lowest BCUT2D eigenvalue weighted by atomic mass is 10.1. The van der Waals surface area contributed by atoms with Crippen molar-refractivity contribution in [1.29, 1.82) is 0 Å². The first kappa shape index (κ1) is 28.7. The van der Waals surface area contributed by atoms with Gasteiger partial charge in [0.05, 0.1) is 5.56 Å². The Hall–Kier alpha value is -2.82. The zero-order valence-corrected chi connectivity index (χ0v) is 21.1. The van der Waals surface area contributed by atoms with Crippen LogP contribution in [0.2, 0.25) is 0 Å². The zero-order chi connectivity index (χ0) is 25.9. The molecule has 1 saturated heterocycles. The average Bonchev–Trinajstić information content (AvgIpc) is 3.29. The Bertz CT molecular complexity index is 1070. The lowest BCUT2D eigenvalue weighted by Crippen LogP contribution is -2.36. The molecular formula is C26H30ClF3N2O5. The second-order valence-corrected chi connectivity index (χ2v) is 9.08. The molecule has 2 N–H and O–H groups in total. The van der Waals surface area contributed by atoms with Crippen molar-refractivity contribution in [2.75, 3.05) is 32.8 Å². The van der Waals surface area contributed by atoms with Gasteiger partial charge in [0.1, 0.15) is 12.4 Å². The molecule has 0 aromatic heterocycles. The van der Waals surface area contributed by atoms with Crippen molar-refractivity contribution in [2.24, 2.45) is 11.8 Å². The highest BCUT2D eigenvalue weighted by molar-refractivity contribution is 5.94. The van der Waals surface area contributed by atoms with E-state index in [0.29, 0.717) is 50.4 Å². The number of carboxylic acids is 1. The van der Waals surface area contributed by atoms with E-state index in [0.717, 1.165) is 17.7 Å². The van der Waals surface area contributed by atoms with Crippen molar-refractivity contribution in [1.82, 2.24) is 10.2 Å². The van der Waals surface area contributed by atoms with Crippen molar-refractivity contribution in [3.8, 4) is 5.75 Å². The first-order chi connectivity index (χ1) is 17.2.